The van der Waals surface area contributed by atoms with Crippen LogP contribution in [0.3, 0.4) is 0 Å². The molecular weight excluding hydrogens is 318 g/mol. The maximum absolute atomic E-state index is 12.4. The van der Waals surface area contributed by atoms with E-state index in [-0.39, 0.29) is 24.3 Å². The molecule has 1 aromatic rings. The van der Waals surface area contributed by atoms with E-state index in [1.807, 2.05) is 58.6 Å². The predicted molar refractivity (Wildman–Crippen MR) is 96.7 cm³/mol. The van der Waals surface area contributed by atoms with Gasteiger partial charge in [-0.1, -0.05) is 13.8 Å². The lowest BCUT2D eigenvalue weighted by atomic mass is 10.0. The van der Waals surface area contributed by atoms with E-state index in [0.717, 1.165) is 31.4 Å². The van der Waals surface area contributed by atoms with E-state index in [0.29, 0.717) is 5.88 Å². The predicted octanol–water partition coefficient (Wildman–Crippen LogP) is 4.12. The number of hydrogen-bond acceptors (Lipinski definition) is 5. The van der Waals surface area contributed by atoms with Gasteiger partial charge in [-0.2, -0.15) is 5.10 Å². The summed E-state index contributed by atoms with van der Waals surface area (Å²) in [5, 5.41) is 8.09. The van der Waals surface area contributed by atoms with Gasteiger partial charge >= 0.3 is 6.09 Å². The van der Waals surface area contributed by atoms with E-state index in [9.17, 15) is 4.79 Å². The van der Waals surface area contributed by atoms with Gasteiger partial charge < -0.3 is 14.4 Å². The molecule has 2 aliphatic heterocycles. The minimum Gasteiger partial charge on any atom is -0.473 e. The summed E-state index contributed by atoms with van der Waals surface area (Å²) in [5.41, 5.74) is 0.415. The molecule has 0 aliphatic carbocycles. The van der Waals surface area contributed by atoms with Crippen molar-refractivity contribution in [3.8, 4) is 5.88 Å². The molecule has 2 bridgehead atoms. The average molecular weight is 349 g/mol. The number of aryl methyl sites for hydroxylation is 1. The lowest BCUT2D eigenvalue weighted by Crippen LogP contribution is -2.50. The van der Waals surface area contributed by atoms with Crippen LogP contribution in [-0.4, -0.2) is 45.0 Å². The Hall–Kier alpha value is -1.85. The summed E-state index contributed by atoms with van der Waals surface area (Å²) in [4.78, 5) is 14.3. The van der Waals surface area contributed by atoms with Gasteiger partial charge in [-0.05, 0) is 46.6 Å². The quantitative estimate of drug-likeness (QED) is 0.803. The smallest absolute Gasteiger partial charge is 0.410 e. The molecule has 140 valence electrons. The molecule has 6 heteroatoms. The van der Waals surface area contributed by atoms with E-state index in [1.165, 1.54) is 0 Å². The lowest BCUT2D eigenvalue weighted by Gasteiger charge is -2.39. The van der Waals surface area contributed by atoms with E-state index < -0.39 is 5.60 Å². The maximum Gasteiger partial charge on any atom is 0.410 e. The van der Waals surface area contributed by atoms with Gasteiger partial charge in [0.2, 0.25) is 5.88 Å². The number of amides is 1. The number of fused-ring (bicyclic) bond motifs is 2. The van der Waals surface area contributed by atoms with Crippen molar-refractivity contribution in [1.82, 2.24) is 15.1 Å². The zero-order valence-electron chi connectivity index (χ0n) is 16.3. The minimum absolute atomic E-state index is 0.0863. The van der Waals surface area contributed by atoms with Crippen molar-refractivity contribution in [2.75, 3.05) is 0 Å². The second kappa shape index (κ2) is 8.02. The topological polar surface area (TPSA) is 64.5 Å². The number of rotatable bonds is 2. The molecule has 0 spiro atoms. The molecule has 1 aromatic heterocycles. The molecule has 2 fully saturated rings. The number of nitrogens with zero attached hydrogens (tertiary/aromatic N) is 3. The van der Waals surface area contributed by atoms with Gasteiger partial charge in [-0.25, -0.2) is 4.79 Å². The highest BCUT2D eigenvalue weighted by molar-refractivity contribution is 5.69. The van der Waals surface area contributed by atoms with Gasteiger partial charge in [0, 0.05) is 31.0 Å². The van der Waals surface area contributed by atoms with Crippen LogP contribution in [0.4, 0.5) is 4.79 Å². The van der Waals surface area contributed by atoms with Gasteiger partial charge in [0.25, 0.3) is 0 Å². The molecule has 1 amide bonds. The molecule has 3 rings (SSSR count). The van der Waals surface area contributed by atoms with Crippen molar-refractivity contribution in [2.24, 2.45) is 0 Å². The first-order valence-corrected chi connectivity index (χ1v) is 9.30. The van der Waals surface area contributed by atoms with Crippen LogP contribution in [0.5, 0.6) is 5.88 Å². The fourth-order valence-electron chi connectivity index (χ4n) is 3.46. The number of piperidine rings is 1. The molecule has 2 aliphatic rings. The van der Waals surface area contributed by atoms with E-state index in [2.05, 4.69) is 10.2 Å². The third kappa shape index (κ3) is 5.06. The minimum atomic E-state index is -0.457. The van der Waals surface area contributed by atoms with Crippen LogP contribution in [0.1, 0.15) is 66.0 Å². The third-order valence-electron chi connectivity index (χ3n) is 4.35. The van der Waals surface area contributed by atoms with Crippen molar-refractivity contribution in [1.29, 1.82) is 0 Å². The Morgan fingerprint density at radius 3 is 2.20 bits per heavy atom. The van der Waals surface area contributed by atoms with Gasteiger partial charge in [0.15, 0.2) is 0 Å². The van der Waals surface area contributed by atoms with E-state index in [4.69, 9.17) is 9.47 Å². The van der Waals surface area contributed by atoms with Crippen molar-refractivity contribution in [2.45, 2.75) is 91.0 Å². The van der Waals surface area contributed by atoms with E-state index >= 15 is 0 Å². The second-order valence-corrected chi connectivity index (χ2v) is 7.50. The SMILES string of the molecule is CC.Cc1ccc(OC2CC3CCC(C2)N3C(=O)OC(C)(C)C)nn1. The molecule has 0 N–H and O–H groups in total. The molecular formula is C19H31N3O3. The van der Waals surface area contributed by atoms with Crippen LogP contribution in [0.25, 0.3) is 0 Å². The molecule has 2 saturated heterocycles. The Kier molecular flexibility index (Phi) is 6.25. The second-order valence-electron chi connectivity index (χ2n) is 7.50. The lowest BCUT2D eigenvalue weighted by molar-refractivity contribution is -0.00771. The molecule has 2 atom stereocenters. The van der Waals surface area contributed by atoms with Crippen molar-refractivity contribution in [3.05, 3.63) is 17.8 Å². The first kappa shape index (κ1) is 19.5. The van der Waals surface area contributed by atoms with Crippen LogP contribution in [0, 0.1) is 6.92 Å². The summed E-state index contributed by atoms with van der Waals surface area (Å²) in [6, 6.07) is 4.15. The summed E-state index contributed by atoms with van der Waals surface area (Å²) in [5.74, 6) is 0.561. The van der Waals surface area contributed by atoms with Gasteiger partial charge in [0.05, 0.1) is 5.69 Å². The standard InChI is InChI=1S/C17H25N3O3.C2H6/c1-11-5-8-15(19-18-11)22-14-9-12-6-7-13(10-14)20(12)16(21)23-17(2,3)4;1-2/h5,8,12-14H,6-7,9-10H2,1-4H3;1-2H3. The summed E-state index contributed by atoms with van der Waals surface area (Å²) in [7, 11) is 0. The molecule has 0 radical (unpaired) electrons. The van der Waals surface area contributed by atoms with Crippen molar-refractivity contribution < 1.29 is 14.3 Å². The molecule has 0 aromatic carbocycles. The first-order valence-electron chi connectivity index (χ1n) is 9.30. The Balaban J connectivity index is 0.00000109. The number of ether oxygens (including phenoxy) is 2. The molecule has 2 unspecified atom stereocenters. The van der Waals surface area contributed by atoms with E-state index in [1.54, 1.807) is 0 Å². The number of aromatic nitrogens is 2. The Morgan fingerprint density at radius 1 is 1.12 bits per heavy atom. The molecule has 25 heavy (non-hydrogen) atoms. The van der Waals surface area contributed by atoms with Crippen LogP contribution in [-0.2, 0) is 4.74 Å². The Morgan fingerprint density at radius 2 is 1.72 bits per heavy atom. The maximum atomic E-state index is 12.4. The number of carbonyl (C=O) groups is 1. The summed E-state index contributed by atoms with van der Waals surface area (Å²) < 4.78 is 11.5. The Labute approximate surface area is 150 Å². The fraction of sp³-hybridized carbons (Fsp3) is 0.737. The van der Waals surface area contributed by atoms with Gasteiger partial charge in [-0.3, -0.25) is 0 Å². The van der Waals surface area contributed by atoms with Crippen LogP contribution in [0.2, 0.25) is 0 Å². The summed E-state index contributed by atoms with van der Waals surface area (Å²) in [6.07, 6.45) is 3.57. The normalized spacial score (nSPS) is 25.0. The Bertz CT molecular complexity index is 554. The fourth-order valence-corrected chi connectivity index (χ4v) is 3.46. The third-order valence-corrected chi connectivity index (χ3v) is 4.35. The summed E-state index contributed by atoms with van der Waals surface area (Å²) in [6.45, 7) is 11.6. The van der Waals surface area contributed by atoms with Gasteiger partial charge in [0.1, 0.15) is 11.7 Å². The first-order chi connectivity index (χ1) is 11.8. The highest BCUT2D eigenvalue weighted by Gasteiger charge is 2.45. The summed E-state index contributed by atoms with van der Waals surface area (Å²) >= 11 is 0. The molecule has 6 nitrogen and oxygen atoms in total. The van der Waals surface area contributed by atoms with Crippen LogP contribution >= 0.6 is 0 Å². The average Bonchev–Trinajstić information content (AvgIpc) is 2.82. The molecule has 0 saturated carbocycles. The highest BCUT2D eigenvalue weighted by Crippen LogP contribution is 2.38. The van der Waals surface area contributed by atoms with Crippen LogP contribution < -0.4 is 4.74 Å². The zero-order valence-corrected chi connectivity index (χ0v) is 16.3. The highest BCUT2D eigenvalue weighted by atomic mass is 16.6. The van der Waals surface area contributed by atoms with Gasteiger partial charge in [-0.15, -0.1) is 5.10 Å². The monoisotopic (exact) mass is 349 g/mol. The van der Waals surface area contributed by atoms with Crippen molar-refractivity contribution >= 4 is 6.09 Å². The van der Waals surface area contributed by atoms with Crippen LogP contribution in [0.15, 0.2) is 12.1 Å². The zero-order chi connectivity index (χ0) is 18.6. The molecule has 3 heterocycles. The number of hydrogen-bond donors (Lipinski definition) is 0. The largest absolute Gasteiger partial charge is 0.473 e. The number of carbonyl (C=O) groups excluding carboxylic acids is 1. The van der Waals surface area contributed by atoms with Crippen molar-refractivity contribution in [3.63, 3.8) is 0 Å².